The second kappa shape index (κ2) is 8.96. The van der Waals surface area contributed by atoms with Gasteiger partial charge in [-0.15, -0.1) is 0 Å². The minimum absolute atomic E-state index is 0.0301. The lowest BCUT2D eigenvalue weighted by Gasteiger charge is -2.26. The van der Waals surface area contributed by atoms with Crippen molar-refractivity contribution in [2.45, 2.75) is 13.3 Å². The second-order valence-corrected chi connectivity index (χ2v) is 6.20. The van der Waals surface area contributed by atoms with Gasteiger partial charge in [0, 0.05) is 32.0 Å². The molecule has 1 aromatic rings. The molecule has 8 nitrogen and oxygen atoms in total. The number of nitriles is 1. The first-order chi connectivity index (χ1) is 13.2. The van der Waals surface area contributed by atoms with E-state index in [0.29, 0.717) is 49.2 Å². The molecule has 8 heteroatoms. The number of ether oxygens (including phenoxy) is 1. The molecular weight excluding hydrogens is 344 g/mol. The summed E-state index contributed by atoms with van der Waals surface area (Å²) in [5.41, 5.74) is 2.60. The lowest BCUT2D eigenvalue weighted by Crippen LogP contribution is -2.42. The van der Waals surface area contributed by atoms with Gasteiger partial charge in [0.25, 0.3) is 0 Å². The third-order valence-corrected chi connectivity index (χ3v) is 4.27. The molecule has 0 bridgehead atoms. The molecule has 0 atom stereocenters. The summed E-state index contributed by atoms with van der Waals surface area (Å²) in [6, 6.07) is 2.23. The number of nitrogens with zero attached hydrogens (tertiary/aromatic N) is 4. The number of allylic oxidation sites excluding steroid dienone is 4. The van der Waals surface area contributed by atoms with Gasteiger partial charge in [0.2, 0.25) is 11.9 Å². The van der Waals surface area contributed by atoms with E-state index < -0.39 is 0 Å². The van der Waals surface area contributed by atoms with Crippen LogP contribution in [0.1, 0.15) is 17.7 Å². The van der Waals surface area contributed by atoms with Gasteiger partial charge in [0.05, 0.1) is 18.0 Å². The third-order valence-electron chi connectivity index (χ3n) is 4.27. The predicted octanol–water partition coefficient (Wildman–Crippen LogP) is 1.35. The Balaban J connectivity index is 1.63. The minimum atomic E-state index is 0.0301. The normalized spacial score (nSPS) is 18.1. The quantitative estimate of drug-likeness (QED) is 0.579. The van der Waals surface area contributed by atoms with Gasteiger partial charge >= 0.3 is 0 Å². The first-order valence-corrected chi connectivity index (χ1v) is 8.86. The number of hydrogen-bond acceptors (Lipinski definition) is 7. The van der Waals surface area contributed by atoms with Crippen molar-refractivity contribution in [3.05, 3.63) is 47.6 Å². The number of anilines is 1. The van der Waals surface area contributed by atoms with Crippen LogP contribution >= 0.6 is 0 Å². The lowest BCUT2D eigenvalue weighted by atomic mass is 10.1. The van der Waals surface area contributed by atoms with Gasteiger partial charge < -0.3 is 20.3 Å². The highest BCUT2D eigenvalue weighted by molar-refractivity contribution is 5.81. The number of carbonyl (C=O) groups excluding carboxylic acids is 1. The van der Waals surface area contributed by atoms with Crippen molar-refractivity contribution in [2.24, 2.45) is 0 Å². The van der Waals surface area contributed by atoms with Crippen molar-refractivity contribution in [1.29, 1.82) is 5.26 Å². The Morgan fingerprint density at radius 2 is 2.37 bits per heavy atom. The van der Waals surface area contributed by atoms with Gasteiger partial charge in [-0.1, -0.05) is 6.08 Å². The smallest absolute Gasteiger partial charge is 0.248 e. The standard InChI is InChI=1S/C19H22N6O2/c1-14-12-23-19(22-7-4-8-25-9-10-27-13-17(25)26)24-18(14)15(11-20)16-5-2-3-6-21-16/h2-3,5-6,12,21H,4,7-10,13H2,1H3,(H,22,23,24). The van der Waals surface area contributed by atoms with E-state index in [1.807, 2.05) is 25.2 Å². The van der Waals surface area contributed by atoms with Crippen molar-refractivity contribution >= 4 is 17.4 Å². The summed E-state index contributed by atoms with van der Waals surface area (Å²) in [7, 11) is 0. The predicted molar refractivity (Wildman–Crippen MR) is 101 cm³/mol. The molecule has 2 N–H and O–H groups in total. The van der Waals surface area contributed by atoms with Crippen LogP contribution < -0.4 is 10.6 Å². The summed E-state index contributed by atoms with van der Waals surface area (Å²) in [5.74, 6) is 0.495. The van der Waals surface area contributed by atoms with Crippen LogP contribution in [-0.4, -0.2) is 53.6 Å². The topological polar surface area (TPSA) is 103 Å². The zero-order chi connectivity index (χ0) is 19.1. The Labute approximate surface area is 158 Å². The molecular formula is C19H22N6O2. The van der Waals surface area contributed by atoms with Crippen LogP contribution in [0.2, 0.25) is 0 Å². The van der Waals surface area contributed by atoms with Gasteiger partial charge in [-0.05, 0) is 31.1 Å². The Morgan fingerprint density at radius 1 is 1.48 bits per heavy atom. The van der Waals surface area contributed by atoms with Gasteiger partial charge in [-0.25, -0.2) is 9.97 Å². The molecule has 1 amide bonds. The van der Waals surface area contributed by atoms with Crippen molar-refractivity contribution in [2.75, 3.05) is 38.2 Å². The van der Waals surface area contributed by atoms with Crippen LogP contribution in [0.5, 0.6) is 0 Å². The summed E-state index contributed by atoms with van der Waals surface area (Å²) in [6.07, 6.45) is 9.82. The number of dihydropyridines is 1. The van der Waals surface area contributed by atoms with Gasteiger partial charge in [-0.2, -0.15) is 5.26 Å². The molecule has 1 fully saturated rings. The molecule has 3 rings (SSSR count). The molecule has 0 aromatic carbocycles. The number of morpholine rings is 1. The van der Waals surface area contributed by atoms with E-state index in [0.717, 1.165) is 12.0 Å². The summed E-state index contributed by atoms with van der Waals surface area (Å²) < 4.78 is 5.12. The van der Waals surface area contributed by atoms with Crippen molar-refractivity contribution < 1.29 is 9.53 Å². The molecule has 1 aromatic heterocycles. The Kier molecular flexibility index (Phi) is 6.18. The maximum absolute atomic E-state index is 11.7. The molecule has 3 heterocycles. The Morgan fingerprint density at radius 3 is 3.11 bits per heavy atom. The van der Waals surface area contributed by atoms with Crippen molar-refractivity contribution in [3.63, 3.8) is 0 Å². The molecule has 0 unspecified atom stereocenters. The van der Waals surface area contributed by atoms with Crippen LogP contribution in [0.15, 0.2) is 36.3 Å². The summed E-state index contributed by atoms with van der Waals surface area (Å²) >= 11 is 0. The fourth-order valence-electron chi connectivity index (χ4n) is 2.83. The van der Waals surface area contributed by atoms with Crippen LogP contribution in [0, 0.1) is 18.3 Å². The van der Waals surface area contributed by atoms with E-state index in [4.69, 9.17) is 4.74 Å². The Hall–Kier alpha value is -3.18. The minimum Gasteiger partial charge on any atom is -0.370 e. The summed E-state index contributed by atoms with van der Waals surface area (Å²) in [6.45, 7) is 4.57. The van der Waals surface area contributed by atoms with Gasteiger partial charge in [0.15, 0.2) is 0 Å². The van der Waals surface area contributed by atoms with E-state index >= 15 is 0 Å². The average molecular weight is 366 g/mol. The molecule has 1 saturated heterocycles. The number of amides is 1. The van der Waals surface area contributed by atoms with Crippen LogP contribution in [0.4, 0.5) is 5.95 Å². The third kappa shape index (κ3) is 4.71. The lowest BCUT2D eigenvalue weighted by molar-refractivity contribution is -0.142. The number of aromatic nitrogens is 2. The largest absolute Gasteiger partial charge is 0.370 e. The highest BCUT2D eigenvalue weighted by atomic mass is 16.5. The van der Waals surface area contributed by atoms with Gasteiger partial charge in [0.1, 0.15) is 18.2 Å². The van der Waals surface area contributed by atoms with E-state index in [2.05, 4.69) is 26.7 Å². The molecule has 0 spiro atoms. The molecule has 0 saturated carbocycles. The first-order valence-electron chi connectivity index (χ1n) is 8.86. The summed E-state index contributed by atoms with van der Waals surface area (Å²) in [4.78, 5) is 22.3. The Bertz CT molecular complexity index is 837. The number of hydrogen-bond donors (Lipinski definition) is 2. The zero-order valence-electron chi connectivity index (χ0n) is 15.2. The maximum atomic E-state index is 11.7. The molecule has 0 radical (unpaired) electrons. The second-order valence-electron chi connectivity index (χ2n) is 6.20. The van der Waals surface area contributed by atoms with E-state index in [9.17, 15) is 10.1 Å². The zero-order valence-corrected chi connectivity index (χ0v) is 15.2. The van der Waals surface area contributed by atoms with E-state index in [1.165, 1.54) is 0 Å². The fraction of sp³-hybridized carbons (Fsp3) is 0.368. The van der Waals surface area contributed by atoms with Crippen molar-refractivity contribution in [3.8, 4) is 6.07 Å². The molecule has 140 valence electrons. The SMILES string of the molecule is Cc1cnc(NCCCN2CCOCC2=O)nc1C(C#N)=C1C=CC=CN1. The molecule has 2 aliphatic rings. The van der Waals surface area contributed by atoms with Crippen molar-refractivity contribution in [1.82, 2.24) is 20.2 Å². The number of nitrogens with one attached hydrogen (secondary N) is 2. The summed E-state index contributed by atoms with van der Waals surface area (Å²) in [5, 5.41) is 15.8. The highest BCUT2D eigenvalue weighted by Crippen LogP contribution is 2.21. The highest BCUT2D eigenvalue weighted by Gasteiger charge is 2.18. The van der Waals surface area contributed by atoms with E-state index in [-0.39, 0.29) is 12.5 Å². The van der Waals surface area contributed by atoms with Crippen LogP contribution in [0.3, 0.4) is 0 Å². The van der Waals surface area contributed by atoms with Crippen LogP contribution in [0.25, 0.3) is 5.57 Å². The number of rotatable bonds is 6. The number of aryl methyl sites for hydroxylation is 1. The molecule has 0 aliphatic carbocycles. The molecule has 27 heavy (non-hydrogen) atoms. The average Bonchev–Trinajstić information content (AvgIpc) is 2.70. The monoisotopic (exact) mass is 366 g/mol. The van der Waals surface area contributed by atoms with Gasteiger partial charge in [-0.3, -0.25) is 4.79 Å². The first kappa shape index (κ1) is 18.6. The molecule has 2 aliphatic heterocycles. The van der Waals surface area contributed by atoms with Crippen LogP contribution in [-0.2, 0) is 9.53 Å². The maximum Gasteiger partial charge on any atom is 0.248 e. The number of carbonyl (C=O) groups is 1. The van der Waals surface area contributed by atoms with E-state index in [1.54, 1.807) is 17.3 Å². The fourth-order valence-corrected chi connectivity index (χ4v) is 2.83.